The highest BCUT2D eigenvalue weighted by atomic mass is 32.1. The number of benzene rings is 1. The molecular weight excluding hydrogens is 310 g/mol. The summed E-state index contributed by atoms with van der Waals surface area (Å²) < 4.78 is 8.42. The number of thiophene rings is 1. The number of rotatable bonds is 3. The maximum atomic E-state index is 13.0. The summed E-state index contributed by atoms with van der Waals surface area (Å²) >= 11 is 1.61. The summed E-state index contributed by atoms with van der Waals surface area (Å²) in [6.07, 6.45) is 1.78. The standard InChI is InChI=1S/C17H17N3O2S/c1-22-10-13-9-19(8-12-6-7-18-20(12)13)17(21)15-11-23-16-5-3-2-4-14(15)16/h2-7,11,13H,8-10H2,1H3/t13-/m0/s1. The number of nitrogens with zero attached hydrogens (tertiary/aromatic N) is 3. The average molecular weight is 327 g/mol. The van der Waals surface area contributed by atoms with Gasteiger partial charge in [0.25, 0.3) is 5.91 Å². The molecule has 0 aliphatic carbocycles. The zero-order chi connectivity index (χ0) is 15.8. The molecule has 1 aromatic carbocycles. The number of fused-ring (bicyclic) bond motifs is 2. The Labute approximate surface area is 138 Å². The van der Waals surface area contributed by atoms with Crippen molar-refractivity contribution in [1.29, 1.82) is 0 Å². The second-order valence-electron chi connectivity index (χ2n) is 5.71. The molecule has 3 aromatic rings. The first-order valence-electron chi connectivity index (χ1n) is 7.55. The maximum absolute atomic E-state index is 13.0. The van der Waals surface area contributed by atoms with E-state index >= 15 is 0 Å². The zero-order valence-corrected chi connectivity index (χ0v) is 13.6. The fourth-order valence-corrected chi connectivity index (χ4v) is 4.11. The van der Waals surface area contributed by atoms with Gasteiger partial charge in [-0.3, -0.25) is 9.48 Å². The molecule has 0 N–H and O–H groups in total. The first-order valence-corrected chi connectivity index (χ1v) is 8.42. The fraction of sp³-hybridized carbons (Fsp3) is 0.294. The van der Waals surface area contributed by atoms with Crippen LogP contribution in [0.25, 0.3) is 10.1 Å². The molecule has 0 spiro atoms. The molecule has 0 fully saturated rings. The molecular formula is C17H17N3O2S. The van der Waals surface area contributed by atoms with E-state index in [1.54, 1.807) is 24.6 Å². The van der Waals surface area contributed by atoms with Gasteiger partial charge in [-0.15, -0.1) is 11.3 Å². The third-order valence-corrected chi connectivity index (χ3v) is 5.20. The van der Waals surface area contributed by atoms with Crippen molar-refractivity contribution in [3.63, 3.8) is 0 Å². The number of hydrogen-bond donors (Lipinski definition) is 0. The average Bonchev–Trinajstić information content (AvgIpc) is 3.21. The van der Waals surface area contributed by atoms with E-state index < -0.39 is 0 Å². The Bertz CT molecular complexity index is 854. The lowest BCUT2D eigenvalue weighted by molar-refractivity contribution is 0.0581. The molecule has 1 aliphatic rings. The van der Waals surface area contributed by atoms with Gasteiger partial charge >= 0.3 is 0 Å². The Morgan fingerprint density at radius 2 is 2.26 bits per heavy atom. The van der Waals surface area contributed by atoms with Gasteiger partial charge in [-0.1, -0.05) is 18.2 Å². The van der Waals surface area contributed by atoms with Crippen LogP contribution in [0.3, 0.4) is 0 Å². The molecule has 23 heavy (non-hydrogen) atoms. The third-order valence-electron chi connectivity index (χ3n) is 4.24. The second-order valence-corrected chi connectivity index (χ2v) is 6.62. The van der Waals surface area contributed by atoms with Crippen molar-refractivity contribution >= 4 is 27.3 Å². The van der Waals surface area contributed by atoms with Crippen LogP contribution in [0.1, 0.15) is 22.1 Å². The van der Waals surface area contributed by atoms with Gasteiger partial charge in [0.2, 0.25) is 0 Å². The van der Waals surface area contributed by atoms with Gasteiger partial charge in [-0.25, -0.2) is 0 Å². The van der Waals surface area contributed by atoms with Crippen LogP contribution in [-0.2, 0) is 11.3 Å². The summed E-state index contributed by atoms with van der Waals surface area (Å²) in [5.74, 6) is 0.0796. The van der Waals surface area contributed by atoms with Crippen LogP contribution in [-0.4, -0.2) is 40.8 Å². The lowest BCUT2D eigenvalue weighted by Gasteiger charge is -2.33. The molecule has 0 saturated heterocycles. The summed E-state index contributed by atoms with van der Waals surface area (Å²) in [6, 6.07) is 10.1. The van der Waals surface area contributed by atoms with Gasteiger partial charge in [0.15, 0.2) is 0 Å². The summed E-state index contributed by atoms with van der Waals surface area (Å²) in [4.78, 5) is 14.9. The first-order chi connectivity index (χ1) is 11.3. The number of aromatic nitrogens is 2. The van der Waals surface area contributed by atoms with Crippen LogP contribution in [0.2, 0.25) is 0 Å². The quantitative estimate of drug-likeness (QED) is 0.743. The summed E-state index contributed by atoms with van der Waals surface area (Å²) in [6.45, 7) is 1.75. The van der Waals surface area contributed by atoms with Crippen molar-refractivity contribution in [2.75, 3.05) is 20.3 Å². The topological polar surface area (TPSA) is 47.4 Å². The first kappa shape index (κ1) is 14.4. The number of ether oxygens (including phenoxy) is 1. The maximum Gasteiger partial charge on any atom is 0.255 e. The fourth-order valence-electron chi connectivity index (χ4n) is 3.17. The number of amides is 1. The molecule has 3 heterocycles. The van der Waals surface area contributed by atoms with E-state index in [9.17, 15) is 4.79 Å². The van der Waals surface area contributed by atoms with Crippen molar-refractivity contribution in [2.24, 2.45) is 0 Å². The van der Waals surface area contributed by atoms with Crippen molar-refractivity contribution in [3.8, 4) is 0 Å². The van der Waals surface area contributed by atoms with E-state index in [2.05, 4.69) is 11.2 Å². The van der Waals surface area contributed by atoms with Crippen molar-refractivity contribution in [3.05, 3.63) is 53.2 Å². The van der Waals surface area contributed by atoms with E-state index in [4.69, 9.17) is 4.74 Å². The highest BCUT2D eigenvalue weighted by molar-refractivity contribution is 7.17. The van der Waals surface area contributed by atoms with Gasteiger partial charge < -0.3 is 9.64 Å². The van der Waals surface area contributed by atoms with Gasteiger partial charge in [-0.2, -0.15) is 5.10 Å². The minimum Gasteiger partial charge on any atom is -0.382 e. The minimum atomic E-state index is 0.0626. The molecule has 4 rings (SSSR count). The van der Waals surface area contributed by atoms with Gasteiger partial charge in [0.05, 0.1) is 30.5 Å². The molecule has 0 bridgehead atoms. The molecule has 6 heteroatoms. The number of hydrogen-bond acceptors (Lipinski definition) is 4. The second kappa shape index (κ2) is 5.79. The van der Waals surface area contributed by atoms with Crippen LogP contribution in [0.4, 0.5) is 0 Å². The summed E-state index contributed by atoms with van der Waals surface area (Å²) in [5, 5.41) is 7.36. The van der Waals surface area contributed by atoms with Crippen LogP contribution in [0, 0.1) is 0 Å². The smallest absolute Gasteiger partial charge is 0.255 e. The SMILES string of the molecule is COC[C@@H]1CN(C(=O)c2csc3ccccc23)Cc2ccnn21. The van der Waals surface area contributed by atoms with E-state index in [-0.39, 0.29) is 11.9 Å². The van der Waals surface area contributed by atoms with Crippen molar-refractivity contribution < 1.29 is 9.53 Å². The Kier molecular flexibility index (Phi) is 3.63. The van der Waals surface area contributed by atoms with E-state index in [1.165, 1.54) is 0 Å². The van der Waals surface area contributed by atoms with Crippen LogP contribution >= 0.6 is 11.3 Å². The van der Waals surface area contributed by atoms with Crippen LogP contribution < -0.4 is 0 Å². The van der Waals surface area contributed by atoms with E-state index in [0.29, 0.717) is 19.7 Å². The monoisotopic (exact) mass is 327 g/mol. The summed E-state index contributed by atoms with van der Waals surface area (Å²) in [5.41, 5.74) is 1.83. The molecule has 0 saturated carbocycles. The number of carbonyl (C=O) groups excluding carboxylic acids is 1. The third kappa shape index (κ3) is 2.44. The molecule has 118 valence electrons. The molecule has 1 aliphatic heterocycles. The minimum absolute atomic E-state index is 0.0626. The molecule has 1 amide bonds. The Morgan fingerprint density at radius 3 is 3.13 bits per heavy atom. The number of carbonyl (C=O) groups is 1. The Hall–Kier alpha value is -2.18. The highest BCUT2D eigenvalue weighted by Crippen LogP contribution is 2.29. The largest absolute Gasteiger partial charge is 0.382 e. The number of methoxy groups -OCH3 is 1. The predicted octanol–water partition coefficient (Wildman–Crippen LogP) is 2.94. The van der Waals surface area contributed by atoms with E-state index in [0.717, 1.165) is 21.3 Å². The normalized spacial score (nSPS) is 17.4. The zero-order valence-electron chi connectivity index (χ0n) is 12.8. The molecule has 0 unspecified atom stereocenters. The highest BCUT2D eigenvalue weighted by Gasteiger charge is 2.29. The van der Waals surface area contributed by atoms with Gasteiger partial charge in [-0.05, 0) is 12.1 Å². The Morgan fingerprint density at radius 1 is 1.39 bits per heavy atom. The molecule has 0 radical (unpaired) electrons. The van der Waals surface area contributed by atoms with E-state index in [1.807, 2.05) is 39.2 Å². The lowest BCUT2D eigenvalue weighted by Crippen LogP contribution is -2.42. The lowest BCUT2D eigenvalue weighted by atomic mass is 10.1. The van der Waals surface area contributed by atoms with Crippen molar-refractivity contribution in [1.82, 2.24) is 14.7 Å². The molecule has 2 aromatic heterocycles. The predicted molar refractivity (Wildman–Crippen MR) is 89.7 cm³/mol. The summed E-state index contributed by atoms with van der Waals surface area (Å²) in [7, 11) is 1.68. The van der Waals surface area contributed by atoms with Gasteiger partial charge in [0.1, 0.15) is 0 Å². The van der Waals surface area contributed by atoms with Gasteiger partial charge in [0, 0.05) is 35.3 Å². The molecule has 5 nitrogen and oxygen atoms in total. The van der Waals surface area contributed by atoms with Crippen LogP contribution in [0.5, 0.6) is 0 Å². The molecule has 1 atom stereocenters. The Balaban J connectivity index is 1.67. The van der Waals surface area contributed by atoms with Crippen molar-refractivity contribution in [2.45, 2.75) is 12.6 Å². The van der Waals surface area contributed by atoms with Crippen LogP contribution in [0.15, 0.2) is 41.9 Å².